The van der Waals surface area contributed by atoms with Crippen molar-refractivity contribution in [2.24, 2.45) is 0 Å². The largest absolute Gasteiger partial charge is 1.00 e. The van der Waals surface area contributed by atoms with Gasteiger partial charge in [0.2, 0.25) is 0 Å². The second-order valence-electron chi connectivity index (χ2n) is 0.747. The quantitative estimate of drug-likeness (QED) is 0.269. The van der Waals surface area contributed by atoms with Crippen molar-refractivity contribution in [3.8, 4) is 11.8 Å². The second-order valence-corrected chi connectivity index (χ2v) is 0.747. The van der Waals surface area contributed by atoms with Crippen LogP contribution in [0.2, 0.25) is 0 Å². The zero-order valence-electron chi connectivity index (χ0n) is 4.47. The monoisotopic (exact) mass is 138 g/mol. The molecular weight excluding hydrogens is 135 g/mol. The smallest absolute Gasteiger partial charge is 0.537 e. The van der Waals surface area contributed by atoms with Crippen molar-refractivity contribution in [3.05, 3.63) is 0 Å². The van der Waals surface area contributed by atoms with Gasteiger partial charge in [0.25, 0.3) is 0 Å². The van der Waals surface area contributed by atoms with Crippen LogP contribution in [0.25, 0.3) is 0 Å². The second kappa shape index (κ2) is 7.63. The van der Waals surface area contributed by atoms with Crippen LogP contribution >= 0.6 is 0 Å². The summed E-state index contributed by atoms with van der Waals surface area (Å²) in [7, 11) is 0. The van der Waals surface area contributed by atoms with E-state index in [0.29, 0.717) is 0 Å². The summed E-state index contributed by atoms with van der Waals surface area (Å²) in [6.07, 6.45) is 0. The van der Waals surface area contributed by atoms with Crippen LogP contribution in [0.3, 0.4) is 0 Å². The van der Waals surface area contributed by atoms with Gasteiger partial charge in [0.15, 0.2) is 0 Å². The molecule has 0 aromatic rings. The predicted octanol–water partition coefficient (Wildman–Crippen LogP) is -5.26. The van der Waals surface area contributed by atoms with E-state index in [2.05, 4.69) is 0 Å². The molecule has 0 unspecified atom stereocenters. The normalized spacial score (nSPS) is 5.62. The van der Waals surface area contributed by atoms with E-state index in [9.17, 15) is 9.90 Å². The van der Waals surface area contributed by atoms with E-state index in [0.717, 1.165) is 0 Å². The maximum Gasteiger partial charge on any atom is 1.00 e. The van der Waals surface area contributed by atoms with Crippen LogP contribution in [0.5, 0.6) is 0 Å². The Bertz CT molecular complexity index is 121. The molecule has 1 N–H and O–H groups in total. The Morgan fingerprint density at radius 2 is 2.25 bits per heavy atom. The van der Waals surface area contributed by atoms with Crippen LogP contribution in [0.4, 0.5) is 0 Å². The topological polar surface area (TPSA) is 60.4 Å². The van der Waals surface area contributed by atoms with Gasteiger partial charge in [-0.2, -0.15) is 0 Å². The van der Waals surface area contributed by atoms with E-state index < -0.39 is 12.6 Å². The fourth-order valence-corrected chi connectivity index (χ4v) is 0.112. The molecule has 0 aliphatic carbocycles. The van der Waals surface area contributed by atoms with Crippen LogP contribution in [-0.2, 0) is 4.79 Å². The van der Waals surface area contributed by atoms with E-state index in [4.69, 9.17) is 5.11 Å². The van der Waals surface area contributed by atoms with Crippen molar-refractivity contribution in [3.63, 3.8) is 0 Å². The maximum atomic E-state index is 9.36. The summed E-state index contributed by atoms with van der Waals surface area (Å²) >= 11 is 0. The van der Waals surface area contributed by atoms with Crippen LogP contribution in [0, 0.1) is 11.8 Å². The Hall–Kier alpha value is 0.626. The van der Waals surface area contributed by atoms with Crippen LogP contribution in [-0.4, -0.2) is 17.7 Å². The number of carbonyl (C=O) groups is 1. The average molecular weight is 138 g/mol. The van der Waals surface area contributed by atoms with Gasteiger partial charge in [-0.05, 0) is 5.92 Å². The molecule has 0 aromatic heterocycles. The Kier molecular flexibility index (Phi) is 10.9. The van der Waals surface area contributed by atoms with Crippen molar-refractivity contribution >= 4 is 5.97 Å². The summed E-state index contributed by atoms with van der Waals surface area (Å²) in [5.74, 6) is 2.03. The molecule has 0 saturated heterocycles. The van der Waals surface area contributed by atoms with Crippen LogP contribution < -0.4 is 56.5 Å². The molecular formula is C4H3KO3. The summed E-state index contributed by atoms with van der Waals surface area (Å²) in [4.78, 5) is 9.36. The van der Waals surface area contributed by atoms with Crippen LogP contribution in [0.15, 0.2) is 0 Å². The Balaban J connectivity index is 0. The van der Waals surface area contributed by atoms with Crippen molar-refractivity contribution in [2.45, 2.75) is 0 Å². The van der Waals surface area contributed by atoms with Crippen molar-refractivity contribution < 1.29 is 66.4 Å². The molecule has 3 nitrogen and oxygen atoms in total. The first kappa shape index (κ1) is 11.4. The molecule has 38 valence electrons. The molecule has 0 aromatic carbocycles. The number of carboxylic acid groups (broad SMARTS) is 1. The maximum absolute atomic E-state index is 9.36. The third-order valence-electron chi connectivity index (χ3n) is 0.270. The minimum atomic E-state index is -1.46. The van der Waals surface area contributed by atoms with Gasteiger partial charge in [0, 0.05) is 0 Å². The molecule has 0 radical (unpaired) electrons. The molecule has 0 rings (SSSR count). The first-order chi connectivity index (χ1) is 3.27. The molecule has 0 spiro atoms. The van der Waals surface area contributed by atoms with Gasteiger partial charge < -0.3 is 15.0 Å². The van der Waals surface area contributed by atoms with Gasteiger partial charge in [-0.3, -0.25) is 0 Å². The summed E-state index contributed by atoms with van der Waals surface area (Å²) in [5.41, 5.74) is 0. The molecule has 4 heteroatoms. The molecule has 0 atom stereocenters. The summed E-state index contributed by atoms with van der Waals surface area (Å²) in [5, 5.41) is 17.2. The van der Waals surface area contributed by atoms with Gasteiger partial charge in [-0.1, -0.05) is 5.92 Å². The van der Waals surface area contributed by atoms with Crippen molar-refractivity contribution in [1.29, 1.82) is 0 Å². The van der Waals surface area contributed by atoms with E-state index >= 15 is 0 Å². The Labute approximate surface area is 89.5 Å². The first-order valence-corrected chi connectivity index (χ1v) is 1.58. The SMILES string of the molecule is O=C([O-])C#CCO.[K+]. The zero-order chi connectivity index (χ0) is 5.70. The summed E-state index contributed by atoms with van der Waals surface area (Å²) < 4.78 is 0. The van der Waals surface area contributed by atoms with Crippen LogP contribution in [0.1, 0.15) is 0 Å². The Morgan fingerprint density at radius 1 is 1.75 bits per heavy atom. The molecule has 0 fully saturated rings. The Morgan fingerprint density at radius 3 is 2.38 bits per heavy atom. The number of aliphatic hydroxyl groups excluding tert-OH is 1. The number of aliphatic carboxylic acids is 1. The molecule has 0 saturated carbocycles. The fourth-order valence-electron chi connectivity index (χ4n) is 0.112. The molecule has 0 bridgehead atoms. The molecule has 8 heavy (non-hydrogen) atoms. The van der Waals surface area contributed by atoms with E-state index in [1.165, 1.54) is 0 Å². The summed E-state index contributed by atoms with van der Waals surface area (Å²) in [6, 6.07) is 0. The number of carbonyl (C=O) groups excluding carboxylic acids is 1. The molecule has 0 heterocycles. The number of aliphatic hydroxyl groups is 1. The molecule has 0 amide bonds. The minimum Gasteiger partial charge on any atom is -0.537 e. The molecule has 0 aliphatic heterocycles. The zero-order valence-corrected chi connectivity index (χ0v) is 7.59. The van der Waals surface area contributed by atoms with Gasteiger partial charge >= 0.3 is 51.4 Å². The van der Waals surface area contributed by atoms with E-state index in [1.54, 1.807) is 5.92 Å². The number of hydrogen-bond acceptors (Lipinski definition) is 3. The van der Waals surface area contributed by atoms with E-state index in [1.807, 2.05) is 5.92 Å². The first-order valence-electron chi connectivity index (χ1n) is 1.58. The third-order valence-corrected chi connectivity index (χ3v) is 0.270. The number of hydrogen-bond donors (Lipinski definition) is 1. The average Bonchev–Trinajstić information content (AvgIpc) is 1.61. The number of carboxylic acids is 1. The third kappa shape index (κ3) is 9.80. The minimum absolute atomic E-state index is 0. The predicted molar refractivity (Wildman–Crippen MR) is 19.9 cm³/mol. The van der Waals surface area contributed by atoms with Crippen molar-refractivity contribution in [2.75, 3.05) is 6.61 Å². The van der Waals surface area contributed by atoms with Gasteiger partial charge in [0.1, 0.15) is 12.6 Å². The fraction of sp³-hybridized carbons (Fsp3) is 0.250. The molecule has 0 aliphatic rings. The number of rotatable bonds is 0. The van der Waals surface area contributed by atoms with Gasteiger partial charge in [-0.15, -0.1) is 0 Å². The van der Waals surface area contributed by atoms with Crippen molar-refractivity contribution in [1.82, 2.24) is 0 Å². The van der Waals surface area contributed by atoms with Gasteiger partial charge in [-0.25, -0.2) is 0 Å². The van der Waals surface area contributed by atoms with E-state index in [-0.39, 0.29) is 51.4 Å². The standard InChI is InChI=1S/C4H4O3.K/c5-3-1-2-4(6)7;/h5H,3H2,(H,6,7);/q;+1/p-1. The van der Waals surface area contributed by atoms with Gasteiger partial charge in [0.05, 0.1) is 0 Å². The summed E-state index contributed by atoms with van der Waals surface area (Å²) in [6.45, 7) is -0.437.